The van der Waals surface area contributed by atoms with Crippen molar-refractivity contribution < 1.29 is 14.1 Å². The minimum atomic E-state index is -1.21. The maximum absolute atomic E-state index is 12.6. The molecule has 1 aromatic heterocycles. The number of benzene rings is 1. The Morgan fingerprint density at radius 1 is 1.32 bits per heavy atom. The van der Waals surface area contributed by atoms with Crippen LogP contribution in [0.1, 0.15) is 6.92 Å². The summed E-state index contributed by atoms with van der Waals surface area (Å²) in [5.41, 5.74) is 1.92. The fraction of sp³-hybridized carbons (Fsp3) is 0.182. The molecule has 2 heterocycles. The van der Waals surface area contributed by atoms with Crippen molar-refractivity contribution in [3.63, 3.8) is 0 Å². The molecule has 3 rings (SSSR count). The van der Waals surface area contributed by atoms with Crippen LogP contribution in [0.4, 0.5) is 10.5 Å². The van der Waals surface area contributed by atoms with E-state index in [0.29, 0.717) is 35.3 Å². The van der Waals surface area contributed by atoms with Gasteiger partial charge in [-0.05, 0) is 36.4 Å². The average molecular weight is 440 g/mol. The maximum atomic E-state index is 12.6. The Balaban J connectivity index is 1.59. The molecule has 0 bridgehead atoms. The van der Waals surface area contributed by atoms with Gasteiger partial charge >= 0.3 is 6.03 Å². The molecule has 1 aromatic carbocycles. The standard InChI is InChI=1S/C22H25N5O3S/c1-15(17(3)26-31(4)29)14-27-16(2)12-21(25-22(27)28)24-18-7-9-19(10-8-18)30-20-6-5-11-23-13-20/h5-13,15,24,26H,2-3,14H2,1,4H3,(H,25,28)/t15-,31?/m0/s1. The minimum absolute atomic E-state index is 0.110. The Bertz CT molecular complexity index is 976. The van der Waals surface area contributed by atoms with Gasteiger partial charge in [0.2, 0.25) is 0 Å². The summed E-state index contributed by atoms with van der Waals surface area (Å²) >= 11 is -1.21. The van der Waals surface area contributed by atoms with Gasteiger partial charge in [-0.1, -0.05) is 20.1 Å². The lowest BCUT2D eigenvalue weighted by atomic mass is 10.1. The lowest BCUT2D eigenvalue weighted by Gasteiger charge is -2.31. The number of urea groups is 1. The molecule has 2 aromatic rings. The second-order valence-electron chi connectivity index (χ2n) is 7.01. The topological polar surface area (TPSA) is 102 Å². The Hall–Kier alpha value is -3.43. The summed E-state index contributed by atoms with van der Waals surface area (Å²) in [6.45, 7) is 10.1. The van der Waals surface area contributed by atoms with Crippen molar-refractivity contribution in [2.45, 2.75) is 6.92 Å². The van der Waals surface area contributed by atoms with Crippen molar-refractivity contribution in [1.82, 2.24) is 19.9 Å². The predicted molar refractivity (Wildman–Crippen MR) is 122 cm³/mol. The third kappa shape index (κ3) is 6.27. The Morgan fingerprint density at radius 3 is 2.68 bits per heavy atom. The van der Waals surface area contributed by atoms with Crippen molar-refractivity contribution in [3.05, 3.63) is 85.2 Å². The van der Waals surface area contributed by atoms with E-state index in [1.165, 1.54) is 11.2 Å². The van der Waals surface area contributed by atoms with Gasteiger partial charge in [-0.3, -0.25) is 15.2 Å². The minimum Gasteiger partial charge on any atom is -0.593 e. The second kappa shape index (κ2) is 10.1. The fourth-order valence-electron chi connectivity index (χ4n) is 2.84. The number of hydrogen-bond donors (Lipinski definition) is 3. The van der Waals surface area contributed by atoms with Gasteiger partial charge in [-0.25, -0.2) is 9.52 Å². The number of nitrogens with one attached hydrogen (secondary N) is 3. The van der Waals surface area contributed by atoms with E-state index in [1.807, 2.05) is 37.3 Å². The summed E-state index contributed by atoms with van der Waals surface area (Å²) in [4.78, 5) is 18.1. The Labute approximate surface area is 185 Å². The maximum Gasteiger partial charge on any atom is 0.327 e. The molecule has 0 radical (unpaired) electrons. The van der Waals surface area contributed by atoms with Crippen molar-refractivity contribution in [1.29, 1.82) is 0 Å². The van der Waals surface area contributed by atoms with E-state index >= 15 is 0 Å². The van der Waals surface area contributed by atoms with Crippen molar-refractivity contribution >= 4 is 23.1 Å². The first-order chi connectivity index (χ1) is 14.8. The number of anilines is 1. The van der Waals surface area contributed by atoms with E-state index in [-0.39, 0.29) is 11.9 Å². The number of carbonyl (C=O) groups excluding carboxylic acids is 1. The summed E-state index contributed by atoms with van der Waals surface area (Å²) in [5, 5.41) is 5.97. The zero-order chi connectivity index (χ0) is 22.4. The number of nitrogens with zero attached hydrogens (tertiary/aromatic N) is 2. The lowest BCUT2D eigenvalue weighted by Crippen LogP contribution is -2.46. The molecule has 0 spiro atoms. The van der Waals surface area contributed by atoms with Crippen LogP contribution in [0.2, 0.25) is 0 Å². The van der Waals surface area contributed by atoms with Gasteiger partial charge in [0.25, 0.3) is 0 Å². The molecule has 2 amide bonds. The quantitative estimate of drug-likeness (QED) is 0.515. The number of carbonyl (C=O) groups is 1. The van der Waals surface area contributed by atoms with Gasteiger partial charge in [-0.2, -0.15) is 0 Å². The first-order valence-corrected chi connectivity index (χ1v) is 11.1. The molecule has 9 heteroatoms. The van der Waals surface area contributed by atoms with Crippen LogP contribution in [0, 0.1) is 5.92 Å². The van der Waals surface area contributed by atoms with E-state index in [0.717, 1.165) is 5.69 Å². The van der Waals surface area contributed by atoms with E-state index in [4.69, 9.17) is 4.74 Å². The molecule has 0 saturated heterocycles. The second-order valence-corrected chi connectivity index (χ2v) is 8.13. The lowest BCUT2D eigenvalue weighted by molar-refractivity contribution is 0.209. The van der Waals surface area contributed by atoms with Crippen LogP contribution in [0.3, 0.4) is 0 Å². The first-order valence-electron chi connectivity index (χ1n) is 9.55. The number of allylic oxidation sites excluding steroid dienone is 1. The van der Waals surface area contributed by atoms with Crippen LogP contribution >= 0.6 is 0 Å². The van der Waals surface area contributed by atoms with E-state index < -0.39 is 11.4 Å². The molecule has 1 aliphatic heterocycles. The number of rotatable bonds is 9. The SMILES string of the molecule is C=C(N[S+](C)[O-])[C@@H](C)CN1C(=C)C=C(Nc2ccc(Oc3cccnc3)cc2)NC1=O. The largest absolute Gasteiger partial charge is 0.593 e. The number of hydrogen-bond acceptors (Lipinski definition) is 6. The first kappa shape index (κ1) is 22.3. The number of ether oxygens (including phenoxy) is 1. The predicted octanol–water partition coefficient (Wildman–Crippen LogP) is 3.70. The van der Waals surface area contributed by atoms with Gasteiger partial charge in [-0.15, -0.1) is 0 Å². The summed E-state index contributed by atoms with van der Waals surface area (Å²) < 4.78 is 19.8. The third-order valence-electron chi connectivity index (χ3n) is 4.47. The highest BCUT2D eigenvalue weighted by molar-refractivity contribution is 7.88. The van der Waals surface area contributed by atoms with Crippen LogP contribution in [0.25, 0.3) is 0 Å². The van der Waals surface area contributed by atoms with Crippen LogP contribution in [0.5, 0.6) is 11.5 Å². The van der Waals surface area contributed by atoms with Gasteiger partial charge in [0.15, 0.2) is 0 Å². The molecule has 31 heavy (non-hydrogen) atoms. The molecular formula is C22H25N5O3S. The van der Waals surface area contributed by atoms with Gasteiger partial charge in [0, 0.05) is 36.1 Å². The Kier molecular flexibility index (Phi) is 7.22. The highest BCUT2D eigenvalue weighted by atomic mass is 32.2. The average Bonchev–Trinajstić information content (AvgIpc) is 2.72. The van der Waals surface area contributed by atoms with Crippen LogP contribution in [-0.2, 0) is 11.4 Å². The molecule has 8 nitrogen and oxygen atoms in total. The van der Waals surface area contributed by atoms with Crippen molar-refractivity contribution in [2.75, 3.05) is 18.1 Å². The molecule has 1 aliphatic rings. The van der Waals surface area contributed by atoms with E-state index in [9.17, 15) is 9.35 Å². The summed E-state index contributed by atoms with van der Waals surface area (Å²) in [6.07, 6.45) is 6.60. The Morgan fingerprint density at radius 2 is 2.06 bits per heavy atom. The van der Waals surface area contributed by atoms with Crippen LogP contribution in [-0.4, -0.2) is 33.3 Å². The molecular weight excluding hydrogens is 414 g/mol. The molecule has 162 valence electrons. The molecule has 0 saturated carbocycles. The van der Waals surface area contributed by atoms with Crippen molar-refractivity contribution in [2.24, 2.45) is 5.92 Å². The van der Waals surface area contributed by atoms with Crippen molar-refractivity contribution in [3.8, 4) is 11.5 Å². The zero-order valence-corrected chi connectivity index (χ0v) is 18.2. The van der Waals surface area contributed by atoms with Gasteiger partial charge in [0.05, 0.1) is 23.3 Å². The van der Waals surface area contributed by atoms with E-state index in [2.05, 4.69) is 33.5 Å². The van der Waals surface area contributed by atoms with Gasteiger partial charge in [0.1, 0.15) is 23.6 Å². The molecule has 0 aliphatic carbocycles. The summed E-state index contributed by atoms with van der Waals surface area (Å²) in [5.74, 6) is 1.74. The summed E-state index contributed by atoms with van der Waals surface area (Å²) in [6, 6.07) is 10.7. The third-order valence-corrected chi connectivity index (χ3v) is 5.02. The number of pyridine rings is 1. The number of amides is 2. The molecule has 1 unspecified atom stereocenters. The summed E-state index contributed by atoms with van der Waals surface area (Å²) in [7, 11) is 0. The number of aromatic nitrogens is 1. The highest BCUT2D eigenvalue weighted by Gasteiger charge is 2.25. The van der Waals surface area contributed by atoms with Crippen LogP contribution in [0.15, 0.2) is 85.2 Å². The monoisotopic (exact) mass is 439 g/mol. The fourth-order valence-corrected chi connectivity index (χ4v) is 3.41. The molecule has 3 N–H and O–H groups in total. The smallest absolute Gasteiger partial charge is 0.327 e. The zero-order valence-electron chi connectivity index (χ0n) is 17.4. The van der Waals surface area contributed by atoms with Crippen LogP contribution < -0.4 is 20.1 Å². The highest BCUT2D eigenvalue weighted by Crippen LogP contribution is 2.24. The van der Waals surface area contributed by atoms with E-state index in [1.54, 1.807) is 24.5 Å². The molecule has 0 fully saturated rings. The van der Waals surface area contributed by atoms with Gasteiger partial charge < -0.3 is 14.6 Å². The normalized spacial score (nSPS) is 15.5. The molecule has 2 atom stereocenters.